The summed E-state index contributed by atoms with van der Waals surface area (Å²) in [6.45, 7) is 3.04. The number of aromatic nitrogens is 1. The third-order valence-corrected chi connectivity index (χ3v) is 7.25. The first-order valence-corrected chi connectivity index (χ1v) is 11.9. The van der Waals surface area contributed by atoms with Crippen molar-refractivity contribution < 1.29 is 13.2 Å². The van der Waals surface area contributed by atoms with Crippen LogP contribution >= 0.6 is 11.3 Å². The third kappa shape index (κ3) is 5.01. The number of rotatable bonds is 8. The fourth-order valence-electron chi connectivity index (χ4n) is 2.97. The summed E-state index contributed by atoms with van der Waals surface area (Å²) >= 11 is 1.42. The summed E-state index contributed by atoms with van der Waals surface area (Å²) in [7, 11) is 0.105. The van der Waals surface area contributed by atoms with E-state index in [1.165, 1.54) is 28.4 Å². The van der Waals surface area contributed by atoms with Gasteiger partial charge in [0.25, 0.3) is 0 Å². The van der Waals surface area contributed by atoms with Gasteiger partial charge in [0, 0.05) is 13.1 Å². The zero-order valence-corrected chi connectivity index (χ0v) is 18.5. The lowest BCUT2D eigenvalue weighted by Gasteiger charge is -2.22. The highest BCUT2D eigenvalue weighted by Gasteiger charge is 2.26. The maximum absolute atomic E-state index is 13.1. The number of aryl methyl sites for hydroxylation is 1. The molecule has 1 aromatic heterocycles. The fraction of sp³-hybridized carbons (Fsp3) is 0.333. The Bertz CT molecular complexity index is 1090. The first-order valence-electron chi connectivity index (χ1n) is 9.43. The SMILES string of the molecule is CCc1cccc2sc(N(CCN(C)C)C(=O)CS(=O)(=O)c3ccccc3)nc12. The smallest absolute Gasteiger partial charge is 0.244 e. The van der Waals surface area contributed by atoms with Crippen LogP contribution in [0.2, 0.25) is 0 Å². The van der Waals surface area contributed by atoms with Crippen LogP contribution in [0.15, 0.2) is 53.4 Å². The van der Waals surface area contributed by atoms with Gasteiger partial charge in [-0.05, 0) is 44.3 Å². The number of benzene rings is 2. The van der Waals surface area contributed by atoms with Gasteiger partial charge in [0.05, 0.1) is 15.1 Å². The van der Waals surface area contributed by atoms with Crippen molar-refractivity contribution in [1.82, 2.24) is 9.88 Å². The molecule has 0 N–H and O–H groups in total. The summed E-state index contributed by atoms with van der Waals surface area (Å²) in [5.74, 6) is -1.05. The van der Waals surface area contributed by atoms with Crippen molar-refractivity contribution in [1.29, 1.82) is 0 Å². The van der Waals surface area contributed by atoms with Gasteiger partial charge in [0.15, 0.2) is 15.0 Å². The van der Waals surface area contributed by atoms with Gasteiger partial charge in [-0.2, -0.15) is 0 Å². The third-order valence-electron chi connectivity index (χ3n) is 4.59. The second-order valence-electron chi connectivity index (χ2n) is 7.03. The summed E-state index contributed by atoms with van der Waals surface area (Å²) in [4.78, 5) is 21.4. The number of thiazole rings is 1. The molecule has 0 aliphatic heterocycles. The maximum Gasteiger partial charge on any atom is 0.244 e. The summed E-state index contributed by atoms with van der Waals surface area (Å²) in [6, 6.07) is 14.1. The van der Waals surface area contributed by atoms with E-state index in [0.29, 0.717) is 18.2 Å². The molecule has 0 saturated carbocycles. The molecule has 0 unspecified atom stereocenters. The number of amides is 1. The van der Waals surface area contributed by atoms with Crippen LogP contribution in [0.3, 0.4) is 0 Å². The molecular weight excluding hydrogens is 406 g/mol. The number of fused-ring (bicyclic) bond motifs is 1. The zero-order valence-electron chi connectivity index (χ0n) is 16.8. The van der Waals surface area contributed by atoms with Crippen LogP contribution in [0.25, 0.3) is 10.2 Å². The Labute approximate surface area is 175 Å². The lowest BCUT2D eigenvalue weighted by atomic mass is 10.1. The minimum Gasteiger partial charge on any atom is -0.308 e. The normalized spacial score (nSPS) is 11.9. The van der Waals surface area contributed by atoms with Gasteiger partial charge in [0.1, 0.15) is 5.75 Å². The highest BCUT2D eigenvalue weighted by molar-refractivity contribution is 7.92. The van der Waals surface area contributed by atoms with Gasteiger partial charge in [-0.1, -0.05) is 48.6 Å². The number of anilines is 1. The number of hydrogen-bond acceptors (Lipinski definition) is 6. The van der Waals surface area contributed by atoms with Crippen molar-refractivity contribution in [3.8, 4) is 0 Å². The van der Waals surface area contributed by atoms with Crippen molar-refractivity contribution in [2.45, 2.75) is 18.2 Å². The Morgan fingerprint density at radius 1 is 1.03 bits per heavy atom. The van der Waals surface area contributed by atoms with Crippen LogP contribution in [0.1, 0.15) is 12.5 Å². The Balaban J connectivity index is 1.94. The standard InChI is InChI=1S/C21H25N3O3S2/c1-4-16-9-8-12-18-20(16)22-21(28-18)24(14-13-23(2)3)19(25)15-29(26,27)17-10-6-5-7-11-17/h5-12H,4,13-15H2,1-3H3. The first kappa shape index (κ1) is 21.4. The van der Waals surface area contributed by atoms with Crippen molar-refractivity contribution in [2.75, 3.05) is 37.8 Å². The molecule has 3 rings (SSSR count). The lowest BCUT2D eigenvalue weighted by molar-refractivity contribution is -0.116. The van der Waals surface area contributed by atoms with Gasteiger partial charge in [-0.15, -0.1) is 0 Å². The van der Waals surface area contributed by atoms with Crippen LogP contribution in [0.4, 0.5) is 5.13 Å². The van der Waals surface area contributed by atoms with Crippen LogP contribution in [-0.2, 0) is 21.1 Å². The largest absolute Gasteiger partial charge is 0.308 e. The van der Waals surface area contributed by atoms with Gasteiger partial charge in [0.2, 0.25) is 5.91 Å². The molecule has 0 bridgehead atoms. The summed E-state index contributed by atoms with van der Waals surface area (Å²) in [5, 5.41) is 0.538. The summed E-state index contributed by atoms with van der Waals surface area (Å²) in [6.07, 6.45) is 0.842. The van der Waals surface area contributed by atoms with E-state index in [2.05, 4.69) is 6.92 Å². The Hall–Kier alpha value is -2.29. The molecule has 3 aromatic rings. The number of carbonyl (C=O) groups excluding carboxylic acids is 1. The molecule has 0 aliphatic carbocycles. The van der Waals surface area contributed by atoms with Crippen LogP contribution < -0.4 is 4.90 Å². The van der Waals surface area contributed by atoms with E-state index in [1.54, 1.807) is 18.2 Å². The van der Waals surface area contributed by atoms with E-state index >= 15 is 0 Å². The number of nitrogens with zero attached hydrogens (tertiary/aromatic N) is 3. The average Bonchev–Trinajstić information content (AvgIpc) is 3.12. The molecular formula is C21H25N3O3S2. The second-order valence-corrected chi connectivity index (χ2v) is 10.0. The van der Waals surface area contributed by atoms with Crippen molar-refractivity contribution in [2.24, 2.45) is 0 Å². The second kappa shape index (κ2) is 9.02. The van der Waals surface area contributed by atoms with E-state index in [4.69, 9.17) is 4.98 Å². The van der Waals surface area contributed by atoms with Crippen molar-refractivity contribution >= 4 is 42.4 Å². The minimum atomic E-state index is -3.72. The predicted octanol–water partition coefficient (Wildman–Crippen LogP) is 3.23. The average molecular weight is 432 g/mol. The topological polar surface area (TPSA) is 70.6 Å². The molecule has 29 heavy (non-hydrogen) atoms. The minimum absolute atomic E-state index is 0.151. The Kier molecular flexibility index (Phi) is 6.66. The zero-order chi connectivity index (χ0) is 21.0. The molecule has 154 valence electrons. The first-order chi connectivity index (χ1) is 13.8. The van der Waals surface area contributed by atoms with E-state index in [9.17, 15) is 13.2 Å². The molecule has 1 amide bonds. The quantitative estimate of drug-likeness (QED) is 0.548. The molecule has 0 spiro atoms. The molecule has 0 aliphatic rings. The van der Waals surface area contributed by atoms with Gasteiger partial charge in [-0.3, -0.25) is 9.69 Å². The molecule has 6 nitrogen and oxygen atoms in total. The lowest BCUT2D eigenvalue weighted by Crippen LogP contribution is -2.40. The van der Waals surface area contributed by atoms with E-state index in [1.807, 2.05) is 37.2 Å². The Morgan fingerprint density at radius 2 is 1.76 bits per heavy atom. The summed E-state index contributed by atoms with van der Waals surface area (Å²) < 4.78 is 26.4. The molecule has 8 heteroatoms. The van der Waals surface area contributed by atoms with Crippen LogP contribution in [0, 0.1) is 0 Å². The molecule has 0 atom stereocenters. The van der Waals surface area contributed by atoms with E-state index < -0.39 is 21.5 Å². The van der Waals surface area contributed by atoms with Gasteiger partial charge in [-0.25, -0.2) is 13.4 Å². The van der Waals surface area contributed by atoms with Crippen molar-refractivity contribution in [3.05, 3.63) is 54.1 Å². The van der Waals surface area contributed by atoms with E-state index in [0.717, 1.165) is 22.2 Å². The molecule has 0 saturated heterocycles. The molecule has 1 heterocycles. The monoisotopic (exact) mass is 431 g/mol. The van der Waals surface area contributed by atoms with Crippen molar-refractivity contribution in [3.63, 3.8) is 0 Å². The fourth-order valence-corrected chi connectivity index (χ4v) is 5.25. The van der Waals surface area contributed by atoms with Crippen LogP contribution in [0.5, 0.6) is 0 Å². The number of carbonyl (C=O) groups is 1. The van der Waals surface area contributed by atoms with Gasteiger partial charge < -0.3 is 4.90 Å². The molecule has 0 fully saturated rings. The number of para-hydroxylation sites is 1. The highest BCUT2D eigenvalue weighted by atomic mass is 32.2. The Morgan fingerprint density at radius 3 is 2.41 bits per heavy atom. The summed E-state index contributed by atoms with van der Waals surface area (Å²) in [5.41, 5.74) is 1.99. The van der Waals surface area contributed by atoms with E-state index in [-0.39, 0.29) is 4.90 Å². The molecule has 2 aromatic carbocycles. The predicted molar refractivity (Wildman–Crippen MR) is 118 cm³/mol. The maximum atomic E-state index is 13.1. The highest BCUT2D eigenvalue weighted by Crippen LogP contribution is 2.31. The number of likely N-dealkylation sites (N-methyl/N-ethyl adjacent to an activating group) is 1. The number of hydrogen-bond donors (Lipinski definition) is 0. The van der Waals surface area contributed by atoms with Gasteiger partial charge >= 0.3 is 0 Å². The van der Waals surface area contributed by atoms with Crippen LogP contribution in [-0.4, -0.2) is 57.1 Å². The molecule has 0 radical (unpaired) electrons. The number of sulfone groups is 1.